The summed E-state index contributed by atoms with van der Waals surface area (Å²) >= 11 is 11.4. The van der Waals surface area contributed by atoms with E-state index in [9.17, 15) is 8.42 Å². The molecule has 17 heavy (non-hydrogen) atoms. The molecule has 1 N–H and O–H groups in total. The van der Waals surface area contributed by atoms with Crippen molar-refractivity contribution < 1.29 is 8.42 Å². The number of halogens is 2. The van der Waals surface area contributed by atoms with E-state index in [2.05, 4.69) is 14.7 Å². The molecule has 1 rings (SSSR count). The second-order valence-electron chi connectivity index (χ2n) is 2.96. The van der Waals surface area contributed by atoms with Gasteiger partial charge in [0.1, 0.15) is 0 Å². The van der Waals surface area contributed by atoms with E-state index in [0.29, 0.717) is 0 Å². The van der Waals surface area contributed by atoms with Gasteiger partial charge in [-0.15, -0.1) is 0 Å². The van der Waals surface area contributed by atoms with E-state index in [1.165, 1.54) is 18.2 Å². The zero-order valence-electron chi connectivity index (χ0n) is 8.47. The number of hydrogen-bond donors (Lipinski definition) is 1. The Morgan fingerprint density at radius 2 is 1.88 bits per heavy atom. The Morgan fingerprint density at radius 3 is 2.41 bits per heavy atom. The highest BCUT2D eigenvalue weighted by Gasteiger charge is 2.14. The van der Waals surface area contributed by atoms with Gasteiger partial charge in [0.05, 0.1) is 4.90 Å². The molecule has 0 amide bonds. The van der Waals surface area contributed by atoms with Crippen molar-refractivity contribution in [3.05, 3.63) is 38.7 Å². The molecule has 0 bridgehead atoms. The molecule has 1 aromatic rings. The van der Waals surface area contributed by atoms with Gasteiger partial charge < -0.3 is 0 Å². The molecule has 0 unspecified atom stereocenters. The molecule has 0 atom stereocenters. The molecule has 92 valence electrons. The standard InChI is InChI=1S/C8H8Cl2N4O2S/c9-6-3-7(10)5-8(4-6)17(15,16)13-2-1-12-14-11/h3-5,13H,1-2H2. The van der Waals surface area contributed by atoms with Gasteiger partial charge in [0.15, 0.2) is 0 Å². The lowest BCUT2D eigenvalue weighted by atomic mass is 10.4. The zero-order chi connectivity index (χ0) is 12.9. The van der Waals surface area contributed by atoms with Crippen LogP contribution >= 0.6 is 23.2 Å². The number of benzene rings is 1. The maximum atomic E-state index is 11.7. The highest BCUT2D eigenvalue weighted by atomic mass is 35.5. The molecule has 0 heterocycles. The van der Waals surface area contributed by atoms with Crippen LogP contribution in [0.4, 0.5) is 0 Å². The number of nitrogens with one attached hydrogen (secondary N) is 1. The van der Waals surface area contributed by atoms with E-state index in [0.717, 1.165) is 0 Å². The van der Waals surface area contributed by atoms with Crippen LogP contribution in [0.25, 0.3) is 10.4 Å². The molecule has 0 saturated heterocycles. The van der Waals surface area contributed by atoms with Gasteiger partial charge in [-0.05, 0) is 23.7 Å². The van der Waals surface area contributed by atoms with E-state index >= 15 is 0 Å². The van der Waals surface area contributed by atoms with Crippen LogP contribution in [0.2, 0.25) is 10.0 Å². The topological polar surface area (TPSA) is 94.9 Å². The van der Waals surface area contributed by atoms with Gasteiger partial charge >= 0.3 is 0 Å². The lowest BCUT2D eigenvalue weighted by Crippen LogP contribution is -2.26. The second-order valence-corrected chi connectivity index (χ2v) is 5.60. The number of nitrogens with zero attached hydrogens (tertiary/aromatic N) is 3. The van der Waals surface area contributed by atoms with Crippen LogP contribution in [0, 0.1) is 0 Å². The molecule has 0 fully saturated rings. The molecular weight excluding hydrogens is 287 g/mol. The fourth-order valence-corrected chi connectivity index (χ4v) is 2.79. The van der Waals surface area contributed by atoms with Crippen molar-refractivity contribution in [2.24, 2.45) is 5.11 Å². The first-order valence-corrected chi connectivity index (χ1v) is 6.66. The van der Waals surface area contributed by atoms with Crippen LogP contribution < -0.4 is 4.72 Å². The van der Waals surface area contributed by atoms with Crippen molar-refractivity contribution in [3.8, 4) is 0 Å². The number of rotatable bonds is 5. The summed E-state index contributed by atoms with van der Waals surface area (Å²) in [6.45, 7) is 0.0422. The van der Waals surface area contributed by atoms with Crippen molar-refractivity contribution in [2.45, 2.75) is 4.90 Å². The quantitative estimate of drug-likeness (QED) is 0.391. The van der Waals surface area contributed by atoms with Crippen molar-refractivity contribution in [3.63, 3.8) is 0 Å². The second kappa shape index (κ2) is 6.09. The average molecular weight is 295 g/mol. The molecule has 6 nitrogen and oxygen atoms in total. The molecule has 0 aliphatic rings. The maximum Gasteiger partial charge on any atom is 0.240 e. The summed E-state index contributed by atoms with van der Waals surface area (Å²) in [7, 11) is -3.69. The SMILES string of the molecule is [N-]=[N+]=NCCNS(=O)(=O)c1cc(Cl)cc(Cl)c1. The summed E-state index contributed by atoms with van der Waals surface area (Å²) < 4.78 is 25.7. The van der Waals surface area contributed by atoms with Crippen LogP contribution in [-0.4, -0.2) is 21.5 Å². The fourth-order valence-electron chi connectivity index (χ4n) is 1.04. The Bertz CT molecular complexity index is 534. The molecule has 0 aromatic heterocycles. The summed E-state index contributed by atoms with van der Waals surface area (Å²) in [5, 5.41) is 3.66. The van der Waals surface area contributed by atoms with Crippen LogP contribution in [0.3, 0.4) is 0 Å². The average Bonchev–Trinajstić information content (AvgIpc) is 2.23. The Kier molecular flexibility index (Phi) is 5.04. The first kappa shape index (κ1) is 14.1. The first-order chi connectivity index (χ1) is 7.95. The molecule has 0 spiro atoms. The summed E-state index contributed by atoms with van der Waals surface area (Å²) in [6, 6.07) is 3.99. The number of azide groups is 1. The number of sulfonamides is 1. The monoisotopic (exact) mass is 294 g/mol. The summed E-state index contributed by atoms with van der Waals surface area (Å²) in [5.74, 6) is 0. The summed E-state index contributed by atoms with van der Waals surface area (Å²) in [6.07, 6.45) is 0. The lowest BCUT2D eigenvalue weighted by molar-refractivity contribution is 0.582. The van der Waals surface area contributed by atoms with Gasteiger partial charge in [-0.1, -0.05) is 28.3 Å². The van der Waals surface area contributed by atoms with Gasteiger partial charge in [0, 0.05) is 28.0 Å². The molecule has 0 saturated carbocycles. The van der Waals surface area contributed by atoms with Crippen molar-refractivity contribution in [1.29, 1.82) is 0 Å². The minimum atomic E-state index is -3.69. The van der Waals surface area contributed by atoms with Gasteiger partial charge in [-0.3, -0.25) is 0 Å². The third kappa shape index (κ3) is 4.41. The van der Waals surface area contributed by atoms with Crippen LogP contribution in [-0.2, 0) is 10.0 Å². The van der Waals surface area contributed by atoms with E-state index in [1.54, 1.807) is 0 Å². The molecule has 9 heteroatoms. The van der Waals surface area contributed by atoms with Crippen molar-refractivity contribution in [2.75, 3.05) is 13.1 Å². The summed E-state index contributed by atoms with van der Waals surface area (Å²) in [5.41, 5.74) is 8.03. The van der Waals surface area contributed by atoms with E-state index in [-0.39, 0.29) is 28.0 Å². The predicted octanol–water partition coefficient (Wildman–Crippen LogP) is 2.58. The van der Waals surface area contributed by atoms with Gasteiger partial charge in [-0.2, -0.15) is 0 Å². The lowest BCUT2D eigenvalue weighted by Gasteiger charge is -2.06. The largest absolute Gasteiger partial charge is 0.240 e. The van der Waals surface area contributed by atoms with E-state index in [4.69, 9.17) is 28.7 Å². The Morgan fingerprint density at radius 1 is 1.29 bits per heavy atom. The maximum absolute atomic E-state index is 11.7. The molecule has 0 radical (unpaired) electrons. The molecule has 0 aliphatic heterocycles. The Hall–Kier alpha value is -0.980. The third-order valence-electron chi connectivity index (χ3n) is 1.71. The third-order valence-corrected chi connectivity index (χ3v) is 3.59. The van der Waals surface area contributed by atoms with Crippen LogP contribution in [0.1, 0.15) is 0 Å². The van der Waals surface area contributed by atoms with Gasteiger partial charge in [0.2, 0.25) is 10.0 Å². The van der Waals surface area contributed by atoms with Crippen LogP contribution in [0.5, 0.6) is 0 Å². The van der Waals surface area contributed by atoms with Gasteiger partial charge in [0.25, 0.3) is 0 Å². The van der Waals surface area contributed by atoms with Gasteiger partial charge in [-0.25, -0.2) is 13.1 Å². The van der Waals surface area contributed by atoms with Crippen molar-refractivity contribution >= 4 is 33.2 Å². The van der Waals surface area contributed by atoms with Crippen molar-refractivity contribution in [1.82, 2.24) is 4.72 Å². The highest BCUT2D eigenvalue weighted by Crippen LogP contribution is 2.21. The minimum absolute atomic E-state index is 0.0104. The zero-order valence-corrected chi connectivity index (χ0v) is 10.8. The normalized spacial score (nSPS) is 10.9. The smallest absolute Gasteiger partial charge is 0.211 e. The van der Waals surface area contributed by atoms with E-state index in [1.807, 2.05) is 0 Å². The first-order valence-electron chi connectivity index (χ1n) is 4.42. The predicted molar refractivity (Wildman–Crippen MR) is 65.7 cm³/mol. The van der Waals surface area contributed by atoms with E-state index < -0.39 is 10.0 Å². The molecule has 0 aliphatic carbocycles. The number of hydrogen-bond acceptors (Lipinski definition) is 3. The van der Waals surface area contributed by atoms with Crippen LogP contribution in [0.15, 0.2) is 28.2 Å². The Labute approximate surface area is 108 Å². The molecule has 1 aromatic carbocycles. The minimum Gasteiger partial charge on any atom is -0.211 e. The molecular formula is C8H8Cl2N4O2S. The highest BCUT2D eigenvalue weighted by molar-refractivity contribution is 7.89. The summed E-state index contributed by atoms with van der Waals surface area (Å²) in [4.78, 5) is 2.47. The Balaban J connectivity index is 2.85. The fraction of sp³-hybridized carbons (Fsp3) is 0.250.